The maximum Gasteiger partial charge on any atom is 0.348 e. The van der Waals surface area contributed by atoms with Crippen molar-refractivity contribution < 1.29 is 14.3 Å². The number of likely N-dealkylation sites (N-methyl/N-ethyl adjacent to an activating group) is 1. The zero-order valence-electron chi connectivity index (χ0n) is 18.8. The van der Waals surface area contributed by atoms with Gasteiger partial charge in [0, 0.05) is 29.9 Å². The number of aryl methyl sites for hydroxylation is 1. The van der Waals surface area contributed by atoms with E-state index in [0.29, 0.717) is 20.7 Å². The summed E-state index contributed by atoms with van der Waals surface area (Å²) in [6.07, 6.45) is 2.98. The third-order valence-electron chi connectivity index (χ3n) is 5.94. The van der Waals surface area contributed by atoms with Crippen LogP contribution in [0.2, 0.25) is 0 Å². The fourth-order valence-corrected chi connectivity index (χ4v) is 5.32. The van der Waals surface area contributed by atoms with Crippen molar-refractivity contribution >= 4 is 39.0 Å². The summed E-state index contributed by atoms with van der Waals surface area (Å²) in [5.41, 5.74) is 2.97. The Morgan fingerprint density at radius 1 is 1.25 bits per heavy atom. The lowest BCUT2D eigenvalue weighted by atomic mass is 9.83. The molecule has 2 aromatic heterocycles. The smallest absolute Gasteiger partial charge is 0.348 e. The van der Waals surface area contributed by atoms with Gasteiger partial charge in [-0.3, -0.25) is 14.2 Å². The van der Waals surface area contributed by atoms with Crippen LogP contribution in [0.1, 0.15) is 41.6 Å². The van der Waals surface area contributed by atoms with Crippen LogP contribution in [0.4, 0.5) is 5.69 Å². The van der Waals surface area contributed by atoms with E-state index in [1.165, 1.54) is 10.9 Å². The van der Waals surface area contributed by atoms with Gasteiger partial charge in [0.2, 0.25) is 0 Å². The molecule has 1 aromatic carbocycles. The van der Waals surface area contributed by atoms with Gasteiger partial charge >= 0.3 is 5.97 Å². The van der Waals surface area contributed by atoms with Gasteiger partial charge in [-0.1, -0.05) is 32.0 Å². The number of ketones is 1. The number of nitrogens with zero attached hydrogens (tertiary/aromatic N) is 3. The highest BCUT2D eigenvalue weighted by atomic mass is 32.1. The van der Waals surface area contributed by atoms with E-state index in [1.54, 1.807) is 19.9 Å². The second-order valence-corrected chi connectivity index (χ2v) is 9.33. The second kappa shape index (κ2) is 8.02. The molecule has 4 rings (SSSR count). The number of benzene rings is 1. The average Bonchev–Trinajstić information content (AvgIpc) is 3.19. The van der Waals surface area contributed by atoms with Gasteiger partial charge in [-0.2, -0.15) is 0 Å². The van der Waals surface area contributed by atoms with Crippen LogP contribution in [-0.2, 0) is 21.5 Å². The Hall–Kier alpha value is -3.26. The molecule has 1 aliphatic rings. The number of hydrogen-bond donors (Lipinski definition) is 0. The molecule has 0 spiro atoms. The van der Waals surface area contributed by atoms with E-state index in [0.717, 1.165) is 28.3 Å². The van der Waals surface area contributed by atoms with E-state index < -0.39 is 5.97 Å². The van der Waals surface area contributed by atoms with E-state index in [1.807, 2.05) is 30.1 Å². The minimum atomic E-state index is -0.467. The Morgan fingerprint density at radius 2 is 1.97 bits per heavy atom. The van der Waals surface area contributed by atoms with E-state index in [-0.39, 0.29) is 29.9 Å². The molecule has 7 nitrogen and oxygen atoms in total. The number of carbonyl (C=O) groups is 2. The molecule has 0 fully saturated rings. The number of carbonyl (C=O) groups excluding carboxylic acids is 2. The summed E-state index contributed by atoms with van der Waals surface area (Å²) >= 11 is 1.13. The van der Waals surface area contributed by atoms with E-state index in [2.05, 4.69) is 24.9 Å². The van der Waals surface area contributed by atoms with Gasteiger partial charge in [0.25, 0.3) is 5.56 Å². The van der Waals surface area contributed by atoms with Crippen LogP contribution in [0.25, 0.3) is 10.2 Å². The number of esters is 1. The van der Waals surface area contributed by atoms with Gasteiger partial charge in [-0.05, 0) is 31.0 Å². The van der Waals surface area contributed by atoms with Crippen LogP contribution in [0.5, 0.6) is 0 Å². The Balaban J connectivity index is 1.66. The molecule has 3 heterocycles. The first-order valence-corrected chi connectivity index (χ1v) is 11.2. The first kappa shape index (κ1) is 22.0. The second-order valence-electron chi connectivity index (χ2n) is 8.33. The molecule has 166 valence electrons. The largest absolute Gasteiger partial charge is 0.462 e. The number of allylic oxidation sites excluding steroid dienone is 2. The van der Waals surface area contributed by atoms with Gasteiger partial charge < -0.3 is 9.64 Å². The summed E-state index contributed by atoms with van der Waals surface area (Å²) in [5, 5.41) is 0.353. The lowest BCUT2D eigenvalue weighted by molar-refractivity contribution is -0.115. The molecule has 0 aliphatic carbocycles. The Kier molecular flexibility index (Phi) is 5.50. The minimum Gasteiger partial charge on any atom is -0.462 e. The fourth-order valence-electron chi connectivity index (χ4n) is 4.29. The molecular formula is C24H25N3O4S. The molecule has 0 bridgehead atoms. The van der Waals surface area contributed by atoms with Crippen molar-refractivity contribution in [1.29, 1.82) is 0 Å². The molecule has 8 heteroatoms. The SMILES string of the molecule is CCOC(=O)c1sc2ncn(CC(=O)C=C3N(C)c4ccccc4C3(C)C)c(=O)c2c1C. The number of aromatic nitrogens is 2. The number of rotatable bonds is 5. The molecule has 0 amide bonds. The molecule has 0 unspecified atom stereocenters. The topological polar surface area (TPSA) is 81.5 Å². The normalized spacial score (nSPS) is 15.9. The number of anilines is 1. The van der Waals surface area contributed by atoms with Crippen LogP contribution in [0.15, 0.2) is 47.2 Å². The van der Waals surface area contributed by atoms with Gasteiger partial charge in [0.15, 0.2) is 5.78 Å². The number of thiophene rings is 1. The lowest BCUT2D eigenvalue weighted by Crippen LogP contribution is -2.27. The van der Waals surface area contributed by atoms with Crippen molar-refractivity contribution in [1.82, 2.24) is 9.55 Å². The monoisotopic (exact) mass is 451 g/mol. The van der Waals surface area contributed by atoms with Crippen molar-refractivity contribution in [2.45, 2.75) is 39.7 Å². The molecule has 0 saturated carbocycles. The molecule has 0 atom stereocenters. The summed E-state index contributed by atoms with van der Waals surface area (Å²) in [5.74, 6) is -0.666. The van der Waals surface area contributed by atoms with Crippen molar-refractivity contribution in [3.8, 4) is 0 Å². The zero-order valence-corrected chi connectivity index (χ0v) is 19.6. The number of para-hydroxylation sites is 1. The first-order chi connectivity index (χ1) is 15.2. The quantitative estimate of drug-likeness (QED) is 0.433. The van der Waals surface area contributed by atoms with Crippen molar-refractivity contribution in [2.24, 2.45) is 0 Å². The number of ether oxygens (including phenoxy) is 1. The molecular weight excluding hydrogens is 426 g/mol. The maximum atomic E-state index is 13.1. The predicted molar refractivity (Wildman–Crippen MR) is 126 cm³/mol. The number of hydrogen-bond acceptors (Lipinski definition) is 7. The summed E-state index contributed by atoms with van der Waals surface area (Å²) in [7, 11) is 1.94. The molecule has 0 saturated heterocycles. The standard InChI is InChI=1S/C24H25N3O4S/c1-6-31-23(30)20-14(2)19-21(32-20)25-13-27(22(19)29)12-15(28)11-18-24(3,4)16-9-7-8-10-17(16)26(18)5/h7-11,13H,6,12H2,1-5H3. The average molecular weight is 452 g/mol. The Bertz CT molecular complexity index is 1330. The summed E-state index contributed by atoms with van der Waals surface area (Å²) in [6.45, 7) is 7.72. The van der Waals surface area contributed by atoms with Gasteiger partial charge in [0.1, 0.15) is 9.71 Å². The van der Waals surface area contributed by atoms with Crippen molar-refractivity contribution in [2.75, 3.05) is 18.6 Å². The zero-order chi connectivity index (χ0) is 23.2. The van der Waals surface area contributed by atoms with Crippen LogP contribution < -0.4 is 10.5 Å². The molecule has 0 radical (unpaired) electrons. The predicted octanol–water partition coefficient (Wildman–Crippen LogP) is 3.82. The lowest BCUT2D eigenvalue weighted by Gasteiger charge is -2.24. The first-order valence-electron chi connectivity index (χ1n) is 10.4. The highest BCUT2D eigenvalue weighted by Crippen LogP contribution is 2.46. The van der Waals surface area contributed by atoms with Crippen LogP contribution in [-0.4, -0.2) is 35.0 Å². The van der Waals surface area contributed by atoms with E-state index in [9.17, 15) is 14.4 Å². The Labute approximate surface area is 190 Å². The van der Waals surface area contributed by atoms with Gasteiger partial charge in [-0.15, -0.1) is 11.3 Å². The molecule has 32 heavy (non-hydrogen) atoms. The fraction of sp³-hybridized carbons (Fsp3) is 0.333. The third-order valence-corrected chi connectivity index (χ3v) is 7.12. The third kappa shape index (κ3) is 3.44. The molecule has 3 aromatic rings. The van der Waals surface area contributed by atoms with Crippen molar-refractivity contribution in [3.63, 3.8) is 0 Å². The summed E-state index contributed by atoms with van der Waals surface area (Å²) in [4.78, 5) is 45.4. The Morgan fingerprint density at radius 3 is 2.66 bits per heavy atom. The van der Waals surface area contributed by atoms with Crippen LogP contribution >= 0.6 is 11.3 Å². The highest BCUT2D eigenvalue weighted by Gasteiger charge is 2.38. The number of fused-ring (bicyclic) bond motifs is 2. The summed E-state index contributed by atoms with van der Waals surface area (Å²) in [6, 6.07) is 8.07. The van der Waals surface area contributed by atoms with Crippen molar-refractivity contribution in [3.05, 3.63) is 68.7 Å². The van der Waals surface area contributed by atoms with Gasteiger partial charge in [0.05, 0.1) is 24.9 Å². The van der Waals surface area contributed by atoms with E-state index in [4.69, 9.17) is 4.74 Å². The molecule has 0 N–H and O–H groups in total. The van der Waals surface area contributed by atoms with Gasteiger partial charge in [-0.25, -0.2) is 9.78 Å². The molecule has 1 aliphatic heterocycles. The highest BCUT2D eigenvalue weighted by molar-refractivity contribution is 7.20. The van der Waals surface area contributed by atoms with E-state index >= 15 is 0 Å². The summed E-state index contributed by atoms with van der Waals surface area (Å²) < 4.78 is 6.37. The minimum absolute atomic E-state index is 0.129. The van der Waals surface area contributed by atoms with Crippen LogP contribution in [0, 0.1) is 6.92 Å². The maximum absolute atomic E-state index is 13.1. The van der Waals surface area contributed by atoms with Crippen LogP contribution in [0.3, 0.4) is 0 Å².